The number of aryl methyl sites for hydroxylation is 1. The van der Waals surface area contributed by atoms with Gasteiger partial charge in [-0.15, -0.1) is 0 Å². The molecule has 0 aromatic heterocycles. The SMILES string of the molecule is CC(=O)N(CCC(=O)Nc1cccc(Cl)c1Cl)c1ccc(C)cc1. The predicted octanol–water partition coefficient (Wildman–Crippen LogP) is 4.68. The number of nitrogens with zero attached hydrogens (tertiary/aromatic N) is 1. The van der Waals surface area contributed by atoms with E-state index in [2.05, 4.69) is 5.32 Å². The van der Waals surface area contributed by atoms with E-state index in [0.29, 0.717) is 15.7 Å². The van der Waals surface area contributed by atoms with Gasteiger partial charge >= 0.3 is 0 Å². The summed E-state index contributed by atoms with van der Waals surface area (Å²) >= 11 is 12.0. The van der Waals surface area contributed by atoms with Crippen molar-refractivity contribution < 1.29 is 9.59 Å². The first-order valence-corrected chi connectivity index (χ1v) is 8.22. The van der Waals surface area contributed by atoms with Gasteiger partial charge in [0.2, 0.25) is 11.8 Å². The van der Waals surface area contributed by atoms with Gasteiger partial charge in [0.05, 0.1) is 15.7 Å². The maximum Gasteiger partial charge on any atom is 0.226 e. The van der Waals surface area contributed by atoms with Crippen molar-refractivity contribution >= 4 is 46.4 Å². The molecule has 2 rings (SSSR count). The molecule has 0 aliphatic rings. The summed E-state index contributed by atoms with van der Waals surface area (Å²) in [6.07, 6.45) is 0.149. The molecule has 4 nitrogen and oxygen atoms in total. The van der Waals surface area contributed by atoms with E-state index < -0.39 is 0 Å². The number of halogens is 2. The Bertz CT molecular complexity index is 745. The van der Waals surface area contributed by atoms with Gasteiger partial charge in [-0.3, -0.25) is 9.59 Å². The molecule has 0 bridgehead atoms. The van der Waals surface area contributed by atoms with Gasteiger partial charge in [0, 0.05) is 25.6 Å². The Kier molecular flexibility index (Phi) is 6.23. The number of amides is 2. The summed E-state index contributed by atoms with van der Waals surface area (Å²) in [5, 5.41) is 3.39. The van der Waals surface area contributed by atoms with E-state index >= 15 is 0 Å². The fourth-order valence-corrected chi connectivity index (χ4v) is 2.57. The zero-order valence-electron chi connectivity index (χ0n) is 13.5. The van der Waals surface area contributed by atoms with Crippen molar-refractivity contribution in [1.29, 1.82) is 0 Å². The number of nitrogens with one attached hydrogen (secondary N) is 1. The number of benzene rings is 2. The maximum atomic E-state index is 12.1. The van der Waals surface area contributed by atoms with Gasteiger partial charge in [-0.2, -0.15) is 0 Å². The molecular formula is C18H18Cl2N2O2. The molecule has 2 aromatic carbocycles. The number of anilines is 2. The van der Waals surface area contributed by atoms with E-state index in [1.165, 1.54) is 6.92 Å². The van der Waals surface area contributed by atoms with Crippen LogP contribution in [0.5, 0.6) is 0 Å². The van der Waals surface area contributed by atoms with Gasteiger partial charge in [0.25, 0.3) is 0 Å². The van der Waals surface area contributed by atoms with Crippen LogP contribution in [0, 0.1) is 6.92 Å². The van der Waals surface area contributed by atoms with Crippen LogP contribution in [0.25, 0.3) is 0 Å². The molecular weight excluding hydrogens is 347 g/mol. The molecule has 0 atom stereocenters. The van der Waals surface area contributed by atoms with Crippen LogP contribution < -0.4 is 10.2 Å². The molecule has 0 aliphatic heterocycles. The lowest BCUT2D eigenvalue weighted by Crippen LogP contribution is -2.31. The number of carbonyl (C=O) groups is 2. The van der Waals surface area contributed by atoms with Gasteiger partial charge in [0.1, 0.15) is 0 Å². The Hall–Kier alpha value is -2.04. The van der Waals surface area contributed by atoms with E-state index in [1.807, 2.05) is 31.2 Å². The van der Waals surface area contributed by atoms with Crippen molar-refractivity contribution in [3.63, 3.8) is 0 Å². The summed E-state index contributed by atoms with van der Waals surface area (Å²) in [5.41, 5.74) is 2.33. The number of carbonyl (C=O) groups excluding carboxylic acids is 2. The fraction of sp³-hybridized carbons (Fsp3) is 0.222. The average molecular weight is 365 g/mol. The third-order valence-corrected chi connectivity index (χ3v) is 4.33. The summed E-state index contributed by atoms with van der Waals surface area (Å²) in [6.45, 7) is 3.73. The van der Waals surface area contributed by atoms with E-state index in [0.717, 1.165) is 11.3 Å². The quantitative estimate of drug-likeness (QED) is 0.836. The zero-order chi connectivity index (χ0) is 17.7. The van der Waals surface area contributed by atoms with Gasteiger partial charge in [0.15, 0.2) is 0 Å². The summed E-state index contributed by atoms with van der Waals surface area (Å²) in [6, 6.07) is 12.6. The predicted molar refractivity (Wildman–Crippen MR) is 98.9 cm³/mol. The summed E-state index contributed by atoms with van der Waals surface area (Å²) in [4.78, 5) is 25.6. The lowest BCUT2D eigenvalue weighted by Gasteiger charge is -2.21. The van der Waals surface area contributed by atoms with Crippen LogP contribution in [0.3, 0.4) is 0 Å². The average Bonchev–Trinajstić information content (AvgIpc) is 2.53. The van der Waals surface area contributed by atoms with E-state index in [9.17, 15) is 9.59 Å². The maximum absolute atomic E-state index is 12.1. The number of hydrogen-bond donors (Lipinski definition) is 1. The van der Waals surface area contributed by atoms with E-state index in [-0.39, 0.29) is 24.8 Å². The van der Waals surface area contributed by atoms with Crippen molar-refractivity contribution in [2.45, 2.75) is 20.3 Å². The summed E-state index contributed by atoms with van der Waals surface area (Å²) < 4.78 is 0. The Morgan fingerprint density at radius 1 is 1.08 bits per heavy atom. The van der Waals surface area contributed by atoms with Crippen molar-refractivity contribution in [3.8, 4) is 0 Å². The minimum atomic E-state index is -0.238. The Morgan fingerprint density at radius 3 is 2.38 bits per heavy atom. The molecule has 2 aromatic rings. The number of rotatable bonds is 5. The molecule has 0 saturated carbocycles. The van der Waals surface area contributed by atoms with E-state index in [4.69, 9.17) is 23.2 Å². The first-order valence-electron chi connectivity index (χ1n) is 7.47. The van der Waals surface area contributed by atoms with Crippen LogP contribution in [0.2, 0.25) is 10.0 Å². The Balaban J connectivity index is 2.01. The second-order valence-electron chi connectivity index (χ2n) is 5.41. The lowest BCUT2D eigenvalue weighted by atomic mass is 10.2. The van der Waals surface area contributed by atoms with Crippen LogP contribution >= 0.6 is 23.2 Å². The van der Waals surface area contributed by atoms with Gasteiger partial charge < -0.3 is 10.2 Å². The summed E-state index contributed by atoms with van der Waals surface area (Å²) in [7, 11) is 0. The number of hydrogen-bond acceptors (Lipinski definition) is 2. The highest BCUT2D eigenvalue weighted by Gasteiger charge is 2.14. The second kappa shape index (κ2) is 8.18. The summed E-state index contributed by atoms with van der Waals surface area (Å²) in [5.74, 6) is -0.357. The van der Waals surface area contributed by atoms with Crippen LogP contribution in [0.4, 0.5) is 11.4 Å². The van der Waals surface area contributed by atoms with Crippen molar-refractivity contribution in [3.05, 3.63) is 58.1 Å². The molecule has 0 radical (unpaired) electrons. The highest BCUT2D eigenvalue weighted by Crippen LogP contribution is 2.29. The first-order chi connectivity index (χ1) is 11.4. The standard InChI is InChI=1S/C18H18Cl2N2O2/c1-12-6-8-14(9-7-12)22(13(2)23)11-10-17(24)21-16-5-3-4-15(19)18(16)20/h3-9H,10-11H2,1-2H3,(H,21,24). The molecule has 0 spiro atoms. The lowest BCUT2D eigenvalue weighted by molar-refractivity contribution is -0.117. The third kappa shape index (κ3) is 4.73. The first kappa shape index (κ1) is 18.3. The van der Waals surface area contributed by atoms with Crippen LogP contribution in [-0.2, 0) is 9.59 Å². The molecule has 0 aliphatic carbocycles. The van der Waals surface area contributed by atoms with Crippen molar-refractivity contribution in [1.82, 2.24) is 0 Å². The van der Waals surface area contributed by atoms with Crippen molar-refractivity contribution in [2.24, 2.45) is 0 Å². The molecule has 0 fully saturated rings. The second-order valence-corrected chi connectivity index (χ2v) is 6.19. The highest BCUT2D eigenvalue weighted by atomic mass is 35.5. The molecule has 1 N–H and O–H groups in total. The van der Waals surface area contributed by atoms with Crippen LogP contribution in [-0.4, -0.2) is 18.4 Å². The monoisotopic (exact) mass is 364 g/mol. The largest absolute Gasteiger partial charge is 0.325 e. The van der Waals surface area contributed by atoms with Gasteiger partial charge in [-0.05, 0) is 31.2 Å². The molecule has 0 saturated heterocycles. The van der Waals surface area contributed by atoms with Crippen molar-refractivity contribution in [2.75, 3.05) is 16.8 Å². The van der Waals surface area contributed by atoms with E-state index in [1.54, 1.807) is 23.1 Å². The Labute approximate surface area is 151 Å². The van der Waals surface area contributed by atoms with Crippen LogP contribution in [0.15, 0.2) is 42.5 Å². The fourth-order valence-electron chi connectivity index (χ4n) is 2.22. The zero-order valence-corrected chi connectivity index (χ0v) is 15.0. The molecule has 24 heavy (non-hydrogen) atoms. The van der Waals surface area contributed by atoms with Gasteiger partial charge in [-0.25, -0.2) is 0 Å². The molecule has 0 heterocycles. The smallest absolute Gasteiger partial charge is 0.226 e. The highest BCUT2D eigenvalue weighted by molar-refractivity contribution is 6.43. The third-order valence-electron chi connectivity index (χ3n) is 3.51. The molecule has 2 amide bonds. The topological polar surface area (TPSA) is 49.4 Å². The Morgan fingerprint density at radius 2 is 1.75 bits per heavy atom. The minimum Gasteiger partial charge on any atom is -0.325 e. The molecule has 126 valence electrons. The van der Waals surface area contributed by atoms with Gasteiger partial charge in [-0.1, -0.05) is 47.0 Å². The minimum absolute atomic E-state index is 0.118. The molecule has 6 heteroatoms. The van der Waals surface area contributed by atoms with Crippen LogP contribution in [0.1, 0.15) is 18.9 Å². The molecule has 0 unspecified atom stereocenters. The normalized spacial score (nSPS) is 10.3.